The summed E-state index contributed by atoms with van der Waals surface area (Å²) in [5.41, 5.74) is 1.15. The summed E-state index contributed by atoms with van der Waals surface area (Å²) >= 11 is 0. The van der Waals surface area contributed by atoms with Crippen LogP contribution in [0.2, 0.25) is 0 Å². The first-order chi connectivity index (χ1) is 5.93. The number of hydrogen-bond donors (Lipinski definition) is 0. The van der Waals surface area contributed by atoms with Crippen molar-refractivity contribution in [2.45, 2.75) is 31.9 Å². The summed E-state index contributed by atoms with van der Waals surface area (Å²) in [5.74, 6) is 1.26. The van der Waals surface area contributed by atoms with Crippen LogP contribution in [0, 0.1) is 0 Å². The number of hydrogen-bond acceptors (Lipinski definition) is 2. The third kappa shape index (κ3) is 0.966. The lowest BCUT2D eigenvalue weighted by molar-refractivity contribution is 0.411. The Labute approximate surface area is 71.4 Å². The highest BCUT2D eigenvalue weighted by molar-refractivity contribution is 5.11. The molecular weight excluding hydrogens is 152 g/mol. The van der Waals surface area contributed by atoms with Gasteiger partial charge in [-0.05, 0) is 12.8 Å². The Kier molecular flexibility index (Phi) is 1.29. The first-order valence-corrected chi connectivity index (χ1v) is 4.61. The first kappa shape index (κ1) is 6.66. The molecule has 2 aliphatic rings. The SMILES string of the molecule is c1c([C@@H]2CO2)nc2n1CCCC2. The average molecular weight is 164 g/mol. The third-order valence-corrected chi connectivity index (χ3v) is 2.59. The van der Waals surface area contributed by atoms with Gasteiger partial charge in [-0.1, -0.05) is 0 Å². The molecule has 64 valence electrons. The lowest BCUT2D eigenvalue weighted by Gasteiger charge is -2.11. The van der Waals surface area contributed by atoms with Gasteiger partial charge in [0.1, 0.15) is 11.9 Å². The zero-order valence-corrected chi connectivity index (χ0v) is 6.99. The highest BCUT2D eigenvalue weighted by Gasteiger charge is 2.28. The van der Waals surface area contributed by atoms with Crippen LogP contribution < -0.4 is 0 Å². The zero-order chi connectivity index (χ0) is 7.97. The summed E-state index contributed by atoms with van der Waals surface area (Å²) < 4.78 is 7.47. The molecule has 1 fully saturated rings. The standard InChI is InChI=1S/C9H12N2O/c1-2-4-11-5-7(8-6-12-8)10-9(11)3-1/h5,8H,1-4,6H2/t8-/m0/s1. The molecule has 0 radical (unpaired) electrons. The fourth-order valence-electron chi connectivity index (χ4n) is 1.81. The van der Waals surface area contributed by atoms with Gasteiger partial charge in [0.15, 0.2) is 0 Å². The predicted octanol–water partition coefficient (Wildman–Crippen LogP) is 1.29. The molecule has 1 aromatic rings. The fraction of sp³-hybridized carbons (Fsp3) is 0.667. The summed E-state index contributed by atoms with van der Waals surface area (Å²) in [4.78, 5) is 4.55. The van der Waals surface area contributed by atoms with Gasteiger partial charge in [-0.3, -0.25) is 0 Å². The van der Waals surface area contributed by atoms with Crippen LogP contribution in [-0.4, -0.2) is 16.2 Å². The zero-order valence-electron chi connectivity index (χ0n) is 6.99. The van der Waals surface area contributed by atoms with E-state index < -0.39 is 0 Å². The van der Waals surface area contributed by atoms with Gasteiger partial charge in [-0.15, -0.1) is 0 Å². The Balaban J connectivity index is 1.97. The van der Waals surface area contributed by atoms with Gasteiger partial charge in [0.25, 0.3) is 0 Å². The first-order valence-electron chi connectivity index (χ1n) is 4.61. The molecule has 0 bridgehead atoms. The summed E-state index contributed by atoms with van der Waals surface area (Å²) in [7, 11) is 0. The number of aryl methyl sites for hydroxylation is 2. The number of imidazole rings is 1. The van der Waals surface area contributed by atoms with E-state index in [-0.39, 0.29) is 0 Å². The second kappa shape index (κ2) is 2.33. The molecule has 1 atom stereocenters. The molecule has 3 heteroatoms. The molecule has 3 rings (SSSR count). The van der Waals surface area contributed by atoms with E-state index in [0.29, 0.717) is 6.10 Å². The molecule has 3 nitrogen and oxygen atoms in total. The molecule has 0 saturated carbocycles. The molecular formula is C9H12N2O. The maximum absolute atomic E-state index is 5.20. The number of aromatic nitrogens is 2. The fourth-order valence-corrected chi connectivity index (χ4v) is 1.81. The predicted molar refractivity (Wildman–Crippen MR) is 43.9 cm³/mol. The van der Waals surface area contributed by atoms with Crippen molar-refractivity contribution in [3.63, 3.8) is 0 Å². The van der Waals surface area contributed by atoms with E-state index in [1.54, 1.807) is 0 Å². The van der Waals surface area contributed by atoms with Crippen molar-refractivity contribution in [1.29, 1.82) is 0 Å². The minimum absolute atomic E-state index is 0.322. The van der Waals surface area contributed by atoms with Gasteiger partial charge in [0.2, 0.25) is 0 Å². The average Bonchev–Trinajstić information content (AvgIpc) is 2.85. The van der Waals surface area contributed by atoms with Crippen LogP contribution in [0.4, 0.5) is 0 Å². The molecule has 0 amide bonds. The molecule has 0 aromatic carbocycles. The highest BCUT2D eigenvalue weighted by Crippen LogP contribution is 2.29. The summed E-state index contributed by atoms with van der Waals surface area (Å²) in [6.45, 7) is 2.02. The smallest absolute Gasteiger partial charge is 0.124 e. The molecule has 0 spiro atoms. The monoisotopic (exact) mass is 164 g/mol. The van der Waals surface area contributed by atoms with Gasteiger partial charge < -0.3 is 9.30 Å². The highest BCUT2D eigenvalue weighted by atomic mass is 16.6. The van der Waals surface area contributed by atoms with Crippen molar-refractivity contribution in [2.75, 3.05) is 6.61 Å². The lowest BCUT2D eigenvalue weighted by Crippen LogP contribution is -2.08. The van der Waals surface area contributed by atoms with E-state index in [2.05, 4.69) is 15.7 Å². The van der Waals surface area contributed by atoms with Crippen LogP contribution in [-0.2, 0) is 17.7 Å². The van der Waals surface area contributed by atoms with Crippen molar-refractivity contribution in [1.82, 2.24) is 9.55 Å². The number of fused-ring (bicyclic) bond motifs is 1. The molecule has 1 aromatic heterocycles. The minimum Gasteiger partial charge on any atom is -0.366 e. The Morgan fingerprint density at radius 1 is 1.50 bits per heavy atom. The van der Waals surface area contributed by atoms with Crippen molar-refractivity contribution < 1.29 is 4.74 Å². The van der Waals surface area contributed by atoms with Gasteiger partial charge in [0, 0.05) is 19.2 Å². The summed E-state index contributed by atoms with van der Waals surface area (Å²) in [6, 6.07) is 0. The van der Waals surface area contributed by atoms with Crippen LogP contribution in [0.5, 0.6) is 0 Å². The van der Waals surface area contributed by atoms with E-state index in [9.17, 15) is 0 Å². The van der Waals surface area contributed by atoms with Gasteiger partial charge in [-0.2, -0.15) is 0 Å². The topological polar surface area (TPSA) is 30.4 Å². The van der Waals surface area contributed by atoms with Crippen LogP contribution >= 0.6 is 0 Å². The van der Waals surface area contributed by atoms with Crippen molar-refractivity contribution in [2.24, 2.45) is 0 Å². The maximum Gasteiger partial charge on any atom is 0.124 e. The number of rotatable bonds is 1. The van der Waals surface area contributed by atoms with Crippen molar-refractivity contribution >= 4 is 0 Å². The van der Waals surface area contributed by atoms with Crippen LogP contribution in [0.25, 0.3) is 0 Å². The van der Waals surface area contributed by atoms with Crippen molar-refractivity contribution in [3.05, 3.63) is 17.7 Å². The third-order valence-electron chi connectivity index (χ3n) is 2.59. The van der Waals surface area contributed by atoms with Crippen molar-refractivity contribution in [3.8, 4) is 0 Å². The number of ether oxygens (including phenoxy) is 1. The minimum atomic E-state index is 0.322. The maximum atomic E-state index is 5.20. The molecule has 3 heterocycles. The molecule has 0 N–H and O–H groups in total. The van der Waals surface area contributed by atoms with Crippen LogP contribution in [0.1, 0.15) is 30.5 Å². The Morgan fingerprint density at radius 2 is 2.42 bits per heavy atom. The molecule has 0 aliphatic carbocycles. The lowest BCUT2D eigenvalue weighted by atomic mass is 10.2. The summed E-state index contributed by atoms with van der Waals surface area (Å²) in [5, 5.41) is 0. The number of nitrogens with zero attached hydrogens (tertiary/aromatic N) is 2. The van der Waals surface area contributed by atoms with E-state index in [4.69, 9.17) is 4.74 Å². The second-order valence-electron chi connectivity index (χ2n) is 3.55. The molecule has 12 heavy (non-hydrogen) atoms. The number of epoxide rings is 1. The largest absolute Gasteiger partial charge is 0.366 e. The van der Waals surface area contributed by atoms with E-state index in [1.165, 1.54) is 18.7 Å². The Bertz CT molecular complexity index is 278. The Hall–Kier alpha value is -0.830. The van der Waals surface area contributed by atoms with E-state index >= 15 is 0 Å². The van der Waals surface area contributed by atoms with Gasteiger partial charge in [-0.25, -0.2) is 4.98 Å². The quantitative estimate of drug-likeness (QED) is 0.585. The van der Waals surface area contributed by atoms with Crippen LogP contribution in [0.3, 0.4) is 0 Å². The molecule has 2 aliphatic heterocycles. The normalized spacial score (nSPS) is 26.8. The molecule has 0 unspecified atom stereocenters. The van der Waals surface area contributed by atoms with E-state index in [1.807, 2.05) is 0 Å². The molecule has 1 saturated heterocycles. The van der Waals surface area contributed by atoms with Gasteiger partial charge in [0.05, 0.1) is 12.3 Å². The van der Waals surface area contributed by atoms with E-state index in [0.717, 1.165) is 25.3 Å². The van der Waals surface area contributed by atoms with Crippen LogP contribution in [0.15, 0.2) is 6.20 Å². The summed E-state index contributed by atoms with van der Waals surface area (Å²) in [6.07, 6.45) is 6.22. The Morgan fingerprint density at radius 3 is 3.17 bits per heavy atom. The second-order valence-corrected chi connectivity index (χ2v) is 3.55. The van der Waals surface area contributed by atoms with Gasteiger partial charge >= 0.3 is 0 Å².